The predicted octanol–water partition coefficient (Wildman–Crippen LogP) is 3.54. The Morgan fingerprint density at radius 2 is 2.00 bits per heavy atom. The lowest BCUT2D eigenvalue weighted by Gasteiger charge is -2.21. The maximum absolute atomic E-state index is 12.2. The third-order valence-corrected chi connectivity index (χ3v) is 3.94. The Hall–Kier alpha value is -2.31. The zero-order valence-electron chi connectivity index (χ0n) is 11.3. The van der Waals surface area contributed by atoms with Crippen molar-refractivity contribution in [1.82, 2.24) is 0 Å². The number of anilines is 1. The van der Waals surface area contributed by atoms with Gasteiger partial charge in [-0.2, -0.15) is 5.26 Å². The smallest absolute Gasteiger partial charge is 0.231 e. The highest BCUT2D eigenvalue weighted by molar-refractivity contribution is 6.31. The van der Waals surface area contributed by atoms with E-state index in [-0.39, 0.29) is 11.8 Å². The van der Waals surface area contributed by atoms with Gasteiger partial charge in [0.1, 0.15) is 0 Å². The maximum atomic E-state index is 12.2. The number of nitriles is 1. The molecule has 21 heavy (non-hydrogen) atoms. The maximum Gasteiger partial charge on any atom is 0.231 e. The first kappa shape index (κ1) is 13.7. The molecule has 1 atom stereocenters. The van der Waals surface area contributed by atoms with Crippen LogP contribution in [-0.4, -0.2) is 12.5 Å². The lowest BCUT2D eigenvalue weighted by molar-refractivity contribution is -0.117. The summed E-state index contributed by atoms with van der Waals surface area (Å²) in [5, 5.41) is 10.0. The summed E-state index contributed by atoms with van der Waals surface area (Å²) in [6.45, 7) is 0.354. The molecule has 104 valence electrons. The average Bonchev–Trinajstić information content (AvgIpc) is 2.81. The number of carbonyl (C=O) groups excluding carboxylic acids is 1. The zero-order valence-corrected chi connectivity index (χ0v) is 12.0. The van der Waals surface area contributed by atoms with Crippen molar-refractivity contribution in [3.63, 3.8) is 0 Å². The van der Waals surface area contributed by atoms with Crippen LogP contribution in [0.1, 0.15) is 17.0 Å². The monoisotopic (exact) mass is 296 g/mol. The van der Waals surface area contributed by atoms with Crippen LogP contribution in [0, 0.1) is 11.3 Å². The minimum absolute atomic E-state index is 0.0171. The second kappa shape index (κ2) is 5.59. The summed E-state index contributed by atoms with van der Waals surface area (Å²) >= 11 is 6.02. The molecule has 1 aliphatic rings. The summed E-state index contributed by atoms with van der Waals surface area (Å²) in [4.78, 5) is 13.9. The van der Waals surface area contributed by atoms with E-state index in [1.807, 2.05) is 36.4 Å². The van der Waals surface area contributed by atoms with E-state index in [4.69, 9.17) is 11.6 Å². The molecule has 0 fully saturated rings. The molecule has 1 unspecified atom stereocenters. The first-order chi connectivity index (χ1) is 10.2. The van der Waals surface area contributed by atoms with Crippen molar-refractivity contribution in [2.75, 3.05) is 11.4 Å². The number of hydrogen-bond acceptors (Lipinski definition) is 2. The quantitative estimate of drug-likeness (QED) is 0.869. The van der Waals surface area contributed by atoms with Crippen LogP contribution < -0.4 is 4.90 Å². The van der Waals surface area contributed by atoms with Gasteiger partial charge in [-0.1, -0.05) is 48.0 Å². The Morgan fingerprint density at radius 3 is 2.71 bits per heavy atom. The molecular weight excluding hydrogens is 284 g/mol. The molecule has 4 heteroatoms. The van der Waals surface area contributed by atoms with E-state index in [1.54, 1.807) is 17.0 Å². The summed E-state index contributed by atoms with van der Waals surface area (Å²) in [6.07, 6.45) is 0.374. The molecule has 3 rings (SSSR count). The minimum Gasteiger partial charge on any atom is -0.310 e. The molecule has 2 aromatic rings. The van der Waals surface area contributed by atoms with Crippen LogP contribution >= 0.6 is 11.6 Å². The summed E-state index contributed by atoms with van der Waals surface area (Å²) < 4.78 is 0. The Bertz CT molecular complexity index is 721. The van der Waals surface area contributed by atoms with Gasteiger partial charge >= 0.3 is 0 Å². The number of benzene rings is 2. The van der Waals surface area contributed by atoms with Gasteiger partial charge in [0.25, 0.3) is 0 Å². The van der Waals surface area contributed by atoms with Crippen molar-refractivity contribution in [2.24, 2.45) is 0 Å². The van der Waals surface area contributed by atoms with Gasteiger partial charge in [-0.25, -0.2) is 0 Å². The molecule has 1 heterocycles. The summed E-state index contributed by atoms with van der Waals surface area (Å²) in [6, 6.07) is 17.3. The molecule has 0 aromatic heterocycles. The molecule has 1 aliphatic heterocycles. The van der Waals surface area contributed by atoms with Crippen LogP contribution in [0.5, 0.6) is 0 Å². The molecule has 0 aliphatic carbocycles. The first-order valence-corrected chi connectivity index (χ1v) is 7.10. The number of hydrogen-bond donors (Lipinski definition) is 0. The van der Waals surface area contributed by atoms with E-state index in [0.29, 0.717) is 18.0 Å². The van der Waals surface area contributed by atoms with Crippen LogP contribution in [0.3, 0.4) is 0 Å². The summed E-state index contributed by atoms with van der Waals surface area (Å²) in [5.74, 6) is -0.330. The molecule has 0 spiro atoms. The van der Waals surface area contributed by atoms with Crippen LogP contribution in [-0.2, 0) is 11.2 Å². The fourth-order valence-electron chi connectivity index (χ4n) is 2.62. The van der Waals surface area contributed by atoms with E-state index in [0.717, 1.165) is 16.8 Å². The van der Waals surface area contributed by atoms with Gasteiger partial charge in [0.2, 0.25) is 5.91 Å². The number of nitrogens with zero attached hydrogens (tertiary/aromatic N) is 2. The standard InChI is InChI=1S/C17H13ClN2O/c18-15-7-6-13-8-17(21)20(16(13)9-15)11-14(10-19)12-4-2-1-3-5-12/h1-7,9,14H,8,11H2. The lowest BCUT2D eigenvalue weighted by Crippen LogP contribution is -2.31. The fraction of sp³-hybridized carbons (Fsp3) is 0.176. The molecule has 1 amide bonds. The molecule has 2 aromatic carbocycles. The van der Waals surface area contributed by atoms with Gasteiger partial charge in [0.15, 0.2) is 0 Å². The van der Waals surface area contributed by atoms with Crippen LogP contribution in [0.2, 0.25) is 5.02 Å². The molecule has 0 bridgehead atoms. The van der Waals surface area contributed by atoms with Gasteiger partial charge in [-0.3, -0.25) is 4.79 Å². The van der Waals surface area contributed by atoms with E-state index < -0.39 is 0 Å². The van der Waals surface area contributed by atoms with Crippen LogP contribution in [0.15, 0.2) is 48.5 Å². The molecular formula is C17H13ClN2O. The topological polar surface area (TPSA) is 44.1 Å². The number of fused-ring (bicyclic) bond motifs is 1. The summed E-state index contributed by atoms with van der Waals surface area (Å²) in [7, 11) is 0. The third kappa shape index (κ3) is 2.63. The average molecular weight is 297 g/mol. The zero-order chi connectivity index (χ0) is 14.8. The Balaban J connectivity index is 1.90. The van der Waals surface area contributed by atoms with E-state index in [9.17, 15) is 10.1 Å². The molecule has 3 nitrogen and oxygen atoms in total. The predicted molar refractivity (Wildman–Crippen MR) is 82.3 cm³/mol. The van der Waals surface area contributed by atoms with Crippen LogP contribution in [0.4, 0.5) is 5.69 Å². The number of amides is 1. The van der Waals surface area contributed by atoms with Crippen molar-refractivity contribution in [2.45, 2.75) is 12.3 Å². The van der Waals surface area contributed by atoms with Crippen molar-refractivity contribution < 1.29 is 4.79 Å². The van der Waals surface area contributed by atoms with E-state index in [1.165, 1.54) is 0 Å². The van der Waals surface area contributed by atoms with Crippen molar-refractivity contribution in [1.29, 1.82) is 5.26 Å². The van der Waals surface area contributed by atoms with Crippen molar-refractivity contribution in [3.8, 4) is 6.07 Å². The highest BCUT2D eigenvalue weighted by Crippen LogP contribution is 2.33. The second-order valence-corrected chi connectivity index (χ2v) is 5.48. The van der Waals surface area contributed by atoms with Gasteiger partial charge in [0, 0.05) is 17.3 Å². The molecule has 0 saturated carbocycles. The normalized spacial score (nSPS) is 14.7. The number of carbonyl (C=O) groups is 1. The third-order valence-electron chi connectivity index (χ3n) is 3.70. The number of halogens is 1. The largest absolute Gasteiger partial charge is 0.310 e. The molecule has 0 radical (unpaired) electrons. The Kier molecular flexibility index (Phi) is 3.64. The van der Waals surface area contributed by atoms with Crippen LogP contribution in [0.25, 0.3) is 0 Å². The summed E-state index contributed by atoms with van der Waals surface area (Å²) in [5.41, 5.74) is 2.71. The van der Waals surface area contributed by atoms with Gasteiger partial charge in [-0.15, -0.1) is 0 Å². The SMILES string of the molecule is N#CC(CN1C(=O)Cc2ccc(Cl)cc21)c1ccccc1. The van der Waals surface area contributed by atoms with Crippen molar-refractivity contribution in [3.05, 3.63) is 64.7 Å². The number of rotatable bonds is 3. The van der Waals surface area contributed by atoms with E-state index >= 15 is 0 Å². The first-order valence-electron chi connectivity index (χ1n) is 6.72. The highest BCUT2D eigenvalue weighted by Gasteiger charge is 2.29. The van der Waals surface area contributed by atoms with E-state index in [2.05, 4.69) is 6.07 Å². The van der Waals surface area contributed by atoms with Crippen molar-refractivity contribution >= 4 is 23.2 Å². The lowest BCUT2D eigenvalue weighted by atomic mass is 10.00. The molecule has 0 N–H and O–H groups in total. The van der Waals surface area contributed by atoms with Gasteiger partial charge < -0.3 is 4.90 Å². The Labute approximate surface area is 128 Å². The Morgan fingerprint density at radius 1 is 1.24 bits per heavy atom. The fourth-order valence-corrected chi connectivity index (χ4v) is 2.79. The van der Waals surface area contributed by atoms with Gasteiger partial charge in [0.05, 0.1) is 18.4 Å². The minimum atomic E-state index is -0.347. The molecule has 0 saturated heterocycles. The van der Waals surface area contributed by atoms with Gasteiger partial charge in [-0.05, 0) is 23.3 Å². The highest BCUT2D eigenvalue weighted by atomic mass is 35.5. The second-order valence-electron chi connectivity index (χ2n) is 5.05.